The molecular weight excluding hydrogens is 236 g/mol. The summed E-state index contributed by atoms with van der Waals surface area (Å²) < 4.78 is 6.26. The van der Waals surface area contributed by atoms with E-state index in [9.17, 15) is 0 Å². The van der Waals surface area contributed by atoms with Crippen LogP contribution in [0.5, 0.6) is 0 Å². The van der Waals surface area contributed by atoms with Crippen LogP contribution in [0.2, 0.25) is 18.1 Å². The van der Waals surface area contributed by atoms with Crippen LogP contribution < -0.4 is 0 Å². The molecule has 0 aliphatic rings. The fourth-order valence-corrected chi connectivity index (χ4v) is 2.40. The van der Waals surface area contributed by atoms with Crippen LogP contribution in [0.4, 0.5) is 0 Å². The molecule has 1 aromatic rings. The summed E-state index contributed by atoms with van der Waals surface area (Å²) in [6, 6.07) is 6.41. The third-order valence-electron chi connectivity index (χ3n) is 4.00. The Hall–Kier alpha value is -0.863. The molecule has 0 saturated carbocycles. The summed E-state index contributed by atoms with van der Waals surface area (Å²) in [5.74, 6) is 0. The van der Waals surface area contributed by atoms with Crippen molar-refractivity contribution >= 4 is 14.4 Å². The standard InChI is InChI=1S/C16H26OSi/c1-8-14-10-9-13(2)15(11-14)12-17-18(6,7)16(3,4)5/h8-11H,1,12H2,2-7H3. The lowest BCUT2D eigenvalue weighted by atomic mass is 10.1. The number of benzene rings is 1. The predicted octanol–water partition coefficient (Wildman–Crippen LogP) is 5.16. The molecular formula is C16H26OSi. The normalized spacial score (nSPS) is 12.6. The first-order chi connectivity index (χ1) is 8.17. The molecule has 0 aliphatic heterocycles. The van der Waals surface area contributed by atoms with Gasteiger partial charge in [-0.05, 0) is 47.8 Å². The molecule has 0 amide bonds. The molecule has 1 rings (SSSR count). The van der Waals surface area contributed by atoms with Gasteiger partial charge >= 0.3 is 0 Å². The monoisotopic (exact) mass is 262 g/mol. The average molecular weight is 262 g/mol. The van der Waals surface area contributed by atoms with Crippen LogP contribution in [-0.4, -0.2) is 8.32 Å². The summed E-state index contributed by atoms with van der Waals surface area (Å²) in [5.41, 5.74) is 3.73. The predicted molar refractivity (Wildman–Crippen MR) is 83.3 cm³/mol. The second-order valence-electron chi connectivity index (χ2n) is 6.44. The molecule has 18 heavy (non-hydrogen) atoms. The van der Waals surface area contributed by atoms with Crippen LogP contribution in [0.15, 0.2) is 24.8 Å². The van der Waals surface area contributed by atoms with Crippen molar-refractivity contribution in [3.8, 4) is 0 Å². The van der Waals surface area contributed by atoms with Gasteiger partial charge in [-0.15, -0.1) is 0 Å². The Bertz CT molecular complexity index is 427. The molecule has 0 spiro atoms. The van der Waals surface area contributed by atoms with E-state index in [0.29, 0.717) is 6.61 Å². The molecule has 2 heteroatoms. The summed E-state index contributed by atoms with van der Waals surface area (Å²) in [7, 11) is -1.66. The van der Waals surface area contributed by atoms with E-state index in [1.54, 1.807) is 0 Å². The van der Waals surface area contributed by atoms with Gasteiger partial charge in [-0.1, -0.05) is 45.6 Å². The lowest BCUT2D eigenvalue weighted by Gasteiger charge is -2.36. The molecule has 0 N–H and O–H groups in total. The Labute approximate surface area is 113 Å². The Morgan fingerprint density at radius 1 is 1.28 bits per heavy atom. The molecule has 1 aromatic carbocycles. The average Bonchev–Trinajstić information content (AvgIpc) is 2.26. The van der Waals surface area contributed by atoms with E-state index >= 15 is 0 Å². The maximum Gasteiger partial charge on any atom is 0.192 e. The highest BCUT2D eigenvalue weighted by Gasteiger charge is 2.37. The molecule has 100 valence electrons. The first-order valence-corrected chi connectivity index (χ1v) is 9.44. The van der Waals surface area contributed by atoms with Crippen molar-refractivity contribution in [2.45, 2.75) is 52.4 Å². The van der Waals surface area contributed by atoms with Gasteiger partial charge in [0, 0.05) is 0 Å². The highest BCUT2D eigenvalue weighted by atomic mass is 28.4. The van der Waals surface area contributed by atoms with Gasteiger partial charge in [0.15, 0.2) is 8.32 Å². The molecule has 1 nitrogen and oxygen atoms in total. The van der Waals surface area contributed by atoms with Crippen LogP contribution in [0.3, 0.4) is 0 Å². The zero-order valence-electron chi connectivity index (χ0n) is 12.6. The van der Waals surface area contributed by atoms with Gasteiger partial charge in [-0.25, -0.2) is 0 Å². The van der Waals surface area contributed by atoms with Crippen molar-refractivity contribution in [2.24, 2.45) is 0 Å². The zero-order chi connectivity index (χ0) is 14.0. The first kappa shape index (κ1) is 15.2. The third-order valence-corrected chi connectivity index (χ3v) is 8.48. The van der Waals surface area contributed by atoms with Gasteiger partial charge in [0.1, 0.15) is 0 Å². The Morgan fingerprint density at radius 3 is 2.39 bits per heavy atom. The maximum absolute atomic E-state index is 6.26. The molecule has 0 aliphatic carbocycles. The van der Waals surface area contributed by atoms with Crippen LogP contribution >= 0.6 is 0 Å². The van der Waals surface area contributed by atoms with Gasteiger partial charge in [-0.3, -0.25) is 0 Å². The summed E-state index contributed by atoms with van der Waals surface area (Å²) >= 11 is 0. The van der Waals surface area contributed by atoms with Crippen molar-refractivity contribution in [3.63, 3.8) is 0 Å². The summed E-state index contributed by atoms with van der Waals surface area (Å²) in [4.78, 5) is 0. The molecule has 0 heterocycles. The van der Waals surface area contributed by atoms with Gasteiger partial charge < -0.3 is 4.43 Å². The van der Waals surface area contributed by atoms with E-state index in [-0.39, 0.29) is 5.04 Å². The number of hydrogen-bond acceptors (Lipinski definition) is 1. The number of hydrogen-bond donors (Lipinski definition) is 0. The molecule has 0 fully saturated rings. The minimum atomic E-state index is -1.66. The maximum atomic E-state index is 6.26. The minimum absolute atomic E-state index is 0.261. The second-order valence-corrected chi connectivity index (χ2v) is 11.2. The molecule has 0 saturated heterocycles. The highest BCUT2D eigenvalue weighted by molar-refractivity contribution is 6.74. The number of rotatable bonds is 4. The van der Waals surface area contributed by atoms with E-state index in [2.05, 4.69) is 65.6 Å². The van der Waals surface area contributed by atoms with Crippen LogP contribution in [0.25, 0.3) is 6.08 Å². The quantitative estimate of drug-likeness (QED) is 0.681. The second kappa shape index (κ2) is 5.41. The summed E-state index contributed by atoms with van der Waals surface area (Å²) in [6.07, 6.45) is 1.88. The van der Waals surface area contributed by atoms with Crippen molar-refractivity contribution in [1.82, 2.24) is 0 Å². The fraction of sp³-hybridized carbons (Fsp3) is 0.500. The van der Waals surface area contributed by atoms with E-state index < -0.39 is 8.32 Å². The van der Waals surface area contributed by atoms with E-state index in [1.807, 2.05) is 6.08 Å². The largest absolute Gasteiger partial charge is 0.413 e. The molecule has 0 aromatic heterocycles. The molecule has 0 atom stereocenters. The lowest BCUT2D eigenvalue weighted by Crippen LogP contribution is -2.40. The SMILES string of the molecule is C=Cc1ccc(C)c(CO[Si](C)(C)C(C)(C)C)c1. The zero-order valence-corrected chi connectivity index (χ0v) is 13.6. The van der Waals surface area contributed by atoms with Gasteiger partial charge in [0.2, 0.25) is 0 Å². The van der Waals surface area contributed by atoms with Crippen molar-refractivity contribution in [2.75, 3.05) is 0 Å². The van der Waals surface area contributed by atoms with Crippen molar-refractivity contribution < 1.29 is 4.43 Å². The fourth-order valence-electron chi connectivity index (χ4n) is 1.45. The van der Waals surface area contributed by atoms with Gasteiger partial charge in [-0.2, -0.15) is 0 Å². The molecule has 0 unspecified atom stereocenters. The van der Waals surface area contributed by atoms with Gasteiger partial charge in [0.25, 0.3) is 0 Å². The molecule has 0 radical (unpaired) electrons. The van der Waals surface area contributed by atoms with Gasteiger partial charge in [0.05, 0.1) is 6.61 Å². The van der Waals surface area contributed by atoms with Crippen LogP contribution in [-0.2, 0) is 11.0 Å². The van der Waals surface area contributed by atoms with Crippen LogP contribution in [0, 0.1) is 6.92 Å². The third kappa shape index (κ3) is 3.56. The van der Waals surface area contributed by atoms with E-state index in [1.165, 1.54) is 11.1 Å². The summed E-state index contributed by atoms with van der Waals surface area (Å²) in [6.45, 7) is 18.1. The van der Waals surface area contributed by atoms with Crippen LogP contribution in [0.1, 0.15) is 37.5 Å². The van der Waals surface area contributed by atoms with E-state index in [4.69, 9.17) is 4.43 Å². The minimum Gasteiger partial charge on any atom is -0.413 e. The Morgan fingerprint density at radius 2 is 1.89 bits per heavy atom. The lowest BCUT2D eigenvalue weighted by molar-refractivity contribution is 0.275. The number of aryl methyl sites for hydroxylation is 1. The van der Waals surface area contributed by atoms with Crippen molar-refractivity contribution in [3.05, 3.63) is 41.5 Å². The van der Waals surface area contributed by atoms with E-state index in [0.717, 1.165) is 5.56 Å². The smallest absolute Gasteiger partial charge is 0.192 e. The molecule has 0 bridgehead atoms. The topological polar surface area (TPSA) is 9.23 Å². The Kier molecular flexibility index (Phi) is 4.57. The van der Waals surface area contributed by atoms with Crippen molar-refractivity contribution in [1.29, 1.82) is 0 Å². The Balaban J connectivity index is 2.83. The highest BCUT2D eigenvalue weighted by Crippen LogP contribution is 2.37. The summed E-state index contributed by atoms with van der Waals surface area (Å²) in [5, 5.41) is 0.261. The first-order valence-electron chi connectivity index (χ1n) is 6.53.